The van der Waals surface area contributed by atoms with Crippen molar-refractivity contribution >= 4 is 11.6 Å². The number of nitrogens with zero attached hydrogens (tertiary/aromatic N) is 4. The summed E-state index contributed by atoms with van der Waals surface area (Å²) in [6.45, 7) is 0.926. The molecule has 4 rings (SSSR count). The van der Waals surface area contributed by atoms with Crippen LogP contribution in [0.3, 0.4) is 0 Å². The molecule has 0 aliphatic carbocycles. The van der Waals surface area contributed by atoms with Crippen molar-refractivity contribution < 1.29 is 18.7 Å². The fraction of sp³-hybridized carbons (Fsp3) is 0.125. The van der Waals surface area contributed by atoms with Crippen molar-refractivity contribution in [3.63, 3.8) is 0 Å². The van der Waals surface area contributed by atoms with E-state index in [1.165, 1.54) is 23.1 Å². The molecule has 0 bridgehead atoms. The lowest BCUT2D eigenvalue weighted by Gasteiger charge is -2.19. The Morgan fingerprint density at radius 1 is 1.12 bits per heavy atom. The van der Waals surface area contributed by atoms with Crippen LogP contribution in [0.2, 0.25) is 0 Å². The quantitative estimate of drug-likeness (QED) is 0.781. The summed E-state index contributed by atoms with van der Waals surface area (Å²) in [5.74, 6) is 0.124. The minimum absolute atomic E-state index is 0.0992. The Morgan fingerprint density at radius 3 is 2.76 bits per heavy atom. The third kappa shape index (κ3) is 2.99. The Bertz CT molecular complexity index is 930. The summed E-state index contributed by atoms with van der Waals surface area (Å²) in [6.07, 6.45) is 1.33. The summed E-state index contributed by atoms with van der Waals surface area (Å²) in [4.78, 5) is 12.6. The van der Waals surface area contributed by atoms with Gasteiger partial charge in [0.15, 0.2) is 11.5 Å². The number of hydrogen-bond acceptors (Lipinski definition) is 6. The van der Waals surface area contributed by atoms with Gasteiger partial charge in [0.25, 0.3) is 5.91 Å². The molecule has 1 aliphatic rings. The van der Waals surface area contributed by atoms with E-state index >= 15 is 0 Å². The van der Waals surface area contributed by atoms with Gasteiger partial charge in [0.1, 0.15) is 25.4 Å². The lowest BCUT2D eigenvalue weighted by Crippen LogP contribution is -2.17. The summed E-state index contributed by atoms with van der Waals surface area (Å²) >= 11 is 0. The summed E-state index contributed by atoms with van der Waals surface area (Å²) in [6, 6.07) is 8.84. The zero-order valence-corrected chi connectivity index (χ0v) is 12.8. The number of nitrogens with one attached hydrogen (secondary N) is 1. The zero-order chi connectivity index (χ0) is 17.2. The molecule has 1 aromatic heterocycles. The minimum atomic E-state index is -0.538. The van der Waals surface area contributed by atoms with Gasteiger partial charge in [0, 0.05) is 11.8 Å². The molecular formula is C16H12FN5O3. The number of ether oxygens (including phenoxy) is 2. The van der Waals surface area contributed by atoms with Crippen LogP contribution in [0.5, 0.6) is 11.5 Å². The zero-order valence-electron chi connectivity index (χ0n) is 12.8. The second-order valence-corrected chi connectivity index (χ2v) is 5.23. The number of anilines is 1. The maximum atomic E-state index is 13.6. The van der Waals surface area contributed by atoms with E-state index in [1.54, 1.807) is 18.2 Å². The van der Waals surface area contributed by atoms with Crippen molar-refractivity contribution in [2.75, 3.05) is 18.5 Å². The van der Waals surface area contributed by atoms with Gasteiger partial charge in [-0.05, 0) is 40.8 Å². The third-order valence-electron chi connectivity index (χ3n) is 3.60. The summed E-state index contributed by atoms with van der Waals surface area (Å²) < 4.78 is 25.9. The fourth-order valence-corrected chi connectivity index (χ4v) is 2.48. The van der Waals surface area contributed by atoms with Gasteiger partial charge in [-0.25, -0.2) is 4.39 Å². The predicted octanol–water partition coefficient (Wildman–Crippen LogP) is 1.82. The number of aromatic nitrogens is 4. The van der Waals surface area contributed by atoms with E-state index in [9.17, 15) is 9.18 Å². The number of fused-ring (bicyclic) bond motifs is 1. The highest BCUT2D eigenvalue weighted by Gasteiger charge is 2.17. The van der Waals surface area contributed by atoms with Gasteiger partial charge in [-0.2, -0.15) is 4.68 Å². The van der Waals surface area contributed by atoms with Gasteiger partial charge in [-0.3, -0.25) is 4.79 Å². The van der Waals surface area contributed by atoms with Gasteiger partial charge in [-0.15, -0.1) is 5.10 Å². The molecule has 8 nitrogen and oxygen atoms in total. The molecule has 0 fully saturated rings. The maximum absolute atomic E-state index is 13.6. The van der Waals surface area contributed by atoms with Crippen LogP contribution >= 0.6 is 0 Å². The molecule has 0 spiro atoms. The van der Waals surface area contributed by atoms with Crippen LogP contribution in [0, 0.1) is 5.82 Å². The number of benzene rings is 2. The standard InChI is InChI=1S/C16H12FN5O3/c17-10-1-3-13(22-9-18-20-21-22)12(7-10)16(23)19-11-2-4-14-15(8-11)25-6-5-24-14/h1-4,7-9H,5-6H2,(H,19,23). The second kappa shape index (κ2) is 6.19. The van der Waals surface area contributed by atoms with Crippen molar-refractivity contribution in [1.82, 2.24) is 20.2 Å². The molecule has 3 aromatic rings. The molecular weight excluding hydrogens is 329 g/mol. The molecule has 25 heavy (non-hydrogen) atoms. The van der Waals surface area contributed by atoms with E-state index in [2.05, 4.69) is 20.8 Å². The van der Waals surface area contributed by atoms with Crippen LogP contribution in [0.25, 0.3) is 5.69 Å². The van der Waals surface area contributed by atoms with Gasteiger partial charge in [0.05, 0.1) is 11.3 Å². The Kier molecular flexibility index (Phi) is 3.73. The first kappa shape index (κ1) is 15.1. The molecule has 1 amide bonds. The minimum Gasteiger partial charge on any atom is -0.486 e. The van der Waals surface area contributed by atoms with Crippen LogP contribution in [0.4, 0.5) is 10.1 Å². The molecule has 2 aromatic carbocycles. The number of carbonyl (C=O) groups excluding carboxylic acids is 1. The van der Waals surface area contributed by atoms with Gasteiger partial charge >= 0.3 is 0 Å². The van der Waals surface area contributed by atoms with Gasteiger partial charge in [-0.1, -0.05) is 0 Å². The largest absolute Gasteiger partial charge is 0.486 e. The first-order chi connectivity index (χ1) is 12.2. The molecule has 0 unspecified atom stereocenters. The first-order valence-corrected chi connectivity index (χ1v) is 7.44. The van der Waals surface area contributed by atoms with Crippen LogP contribution in [0.1, 0.15) is 10.4 Å². The lowest BCUT2D eigenvalue weighted by atomic mass is 10.1. The molecule has 0 saturated carbocycles. The molecule has 2 heterocycles. The van der Waals surface area contributed by atoms with Crippen molar-refractivity contribution in [3.05, 3.63) is 54.1 Å². The average Bonchev–Trinajstić information content (AvgIpc) is 3.16. The van der Waals surface area contributed by atoms with Crippen molar-refractivity contribution in [2.24, 2.45) is 0 Å². The van der Waals surface area contributed by atoms with E-state index < -0.39 is 11.7 Å². The highest BCUT2D eigenvalue weighted by molar-refractivity contribution is 6.06. The third-order valence-corrected chi connectivity index (χ3v) is 3.60. The number of rotatable bonds is 3. The Labute approximate surface area is 141 Å². The van der Waals surface area contributed by atoms with Gasteiger partial charge in [0.2, 0.25) is 0 Å². The van der Waals surface area contributed by atoms with Crippen LogP contribution in [0.15, 0.2) is 42.7 Å². The fourth-order valence-electron chi connectivity index (χ4n) is 2.48. The van der Waals surface area contributed by atoms with E-state index in [0.29, 0.717) is 36.1 Å². The molecule has 0 atom stereocenters. The van der Waals surface area contributed by atoms with Crippen LogP contribution in [-0.4, -0.2) is 39.3 Å². The monoisotopic (exact) mass is 341 g/mol. The first-order valence-electron chi connectivity index (χ1n) is 7.44. The normalized spacial score (nSPS) is 12.7. The maximum Gasteiger partial charge on any atom is 0.257 e. The molecule has 126 valence electrons. The Morgan fingerprint density at radius 2 is 1.96 bits per heavy atom. The lowest BCUT2D eigenvalue weighted by molar-refractivity contribution is 0.102. The van der Waals surface area contributed by atoms with Crippen LogP contribution in [-0.2, 0) is 0 Å². The topological polar surface area (TPSA) is 91.2 Å². The van der Waals surface area contributed by atoms with Crippen molar-refractivity contribution in [2.45, 2.75) is 0 Å². The second-order valence-electron chi connectivity index (χ2n) is 5.23. The van der Waals surface area contributed by atoms with E-state index in [4.69, 9.17) is 9.47 Å². The number of amides is 1. The molecule has 0 saturated heterocycles. The van der Waals surface area contributed by atoms with Crippen molar-refractivity contribution in [1.29, 1.82) is 0 Å². The molecule has 9 heteroatoms. The SMILES string of the molecule is O=C(Nc1ccc2c(c1)OCCO2)c1cc(F)ccc1-n1cnnn1. The Balaban J connectivity index is 1.64. The summed E-state index contributed by atoms with van der Waals surface area (Å²) in [7, 11) is 0. The smallest absolute Gasteiger partial charge is 0.257 e. The highest BCUT2D eigenvalue weighted by Crippen LogP contribution is 2.32. The average molecular weight is 341 g/mol. The van der Waals surface area contributed by atoms with Crippen molar-refractivity contribution in [3.8, 4) is 17.2 Å². The summed E-state index contributed by atoms with van der Waals surface area (Å²) in [5.41, 5.74) is 0.963. The highest BCUT2D eigenvalue weighted by atomic mass is 19.1. The van der Waals surface area contributed by atoms with E-state index in [1.807, 2.05) is 0 Å². The van der Waals surface area contributed by atoms with Gasteiger partial charge < -0.3 is 14.8 Å². The van der Waals surface area contributed by atoms with Crippen LogP contribution < -0.4 is 14.8 Å². The number of hydrogen-bond donors (Lipinski definition) is 1. The molecule has 0 radical (unpaired) electrons. The van der Waals surface area contributed by atoms with E-state index in [-0.39, 0.29) is 5.56 Å². The number of halogens is 1. The number of carbonyl (C=O) groups is 1. The summed E-state index contributed by atoms with van der Waals surface area (Å²) in [5, 5.41) is 13.5. The predicted molar refractivity (Wildman–Crippen MR) is 84.5 cm³/mol. The number of tetrazole rings is 1. The Hall–Kier alpha value is -3.49. The molecule has 1 N–H and O–H groups in total. The van der Waals surface area contributed by atoms with E-state index in [0.717, 1.165) is 6.07 Å². The molecule has 1 aliphatic heterocycles.